The molecule has 260 valence electrons. The molecule has 0 bridgehead atoms. The monoisotopic (exact) mass is 681 g/mol. The first kappa shape index (κ1) is 31.0. The minimum atomic E-state index is -0.231. The summed E-state index contributed by atoms with van der Waals surface area (Å²) in [5.41, 5.74) is 11.0. The number of fused-ring (bicyclic) bond motifs is 10. The Labute approximate surface area is 308 Å². The van der Waals surface area contributed by atoms with E-state index < -0.39 is 0 Å². The van der Waals surface area contributed by atoms with E-state index >= 15 is 0 Å². The summed E-state index contributed by atoms with van der Waals surface area (Å²) in [6, 6.07) is 38.4. The second-order valence-electron chi connectivity index (χ2n) is 16.3. The van der Waals surface area contributed by atoms with E-state index in [2.05, 4.69) is 138 Å². The van der Waals surface area contributed by atoms with E-state index in [9.17, 15) is 0 Å². The summed E-state index contributed by atoms with van der Waals surface area (Å²) >= 11 is 0. The summed E-state index contributed by atoms with van der Waals surface area (Å²) in [5.74, 6) is 3.47. The molecule has 11 rings (SSSR count). The van der Waals surface area contributed by atoms with E-state index in [1.165, 1.54) is 78.5 Å². The van der Waals surface area contributed by atoms with Crippen molar-refractivity contribution in [2.75, 3.05) is 4.90 Å². The number of allylic oxidation sites excluding steroid dienone is 3. The normalized spacial score (nSPS) is 32.5. The lowest BCUT2D eigenvalue weighted by Crippen LogP contribution is -2.59. The van der Waals surface area contributed by atoms with Gasteiger partial charge in [-0.3, -0.25) is 0 Å². The Kier molecular flexibility index (Phi) is 7.29. The minimum Gasteiger partial charge on any atom is -0.457 e. The highest BCUT2D eigenvalue weighted by atomic mass is 16.5. The van der Waals surface area contributed by atoms with Gasteiger partial charge in [-0.15, -0.1) is 0 Å². The fraction of sp³-hybridized carbons (Fsp3) is 0.347. The Hall–Kier alpha value is -4.60. The van der Waals surface area contributed by atoms with Crippen LogP contribution in [0.5, 0.6) is 11.5 Å². The fourth-order valence-electron chi connectivity index (χ4n) is 11.9. The van der Waals surface area contributed by atoms with Crippen LogP contribution in [-0.4, -0.2) is 18.2 Å². The number of hydrogen-bond acceptors (Lipinski definition) is 3. The van der Waals surface area contributed by atoms with Gasteiger partial charge in [-0.05, 0) is 97.4 Å². The molecule has 4 aromatic carbocycles. The zero-order chi connectivity index (χ0) is 34.2. The molecule has 8 unspecified atom stereocenters. The number of rotatable bonds is 3. The quantitative estimate of drug-likeness (QED) is 0.201. The first-order valence-corrected chi connectivity index (χ1v) is 20.0. The molecule has 0 aromatic heterocycles. The second-order valence-corrected chi connectivity index (χ2v) is 16.3. The largest absolute Gasteiger partial charge is 0.457 e. The van der Waals surface area contributed by atoms with E-state index in [4.69, 9.17) is 9.47 Å². The van der Waals surface area contributed by atoms with Crippen LogP contribution in [0.15, 0.2) is 150 Å². The highest BCUT2D eigenvalue weighted by Gasteiger charge is 2.61. The lowest BCUT2D eigenvalue weighted by atomic mass is 9.50. The van der Waals surface area contributed by atoms with E-state index in [1.54, 1.807) is 11.3 Å². The van der Waals surface area contributed by atoms with E-state index in [0.29, 0.717) is 23.8 Å². The minimum absolute atomic E-state index is 0.00525. The third kappa shape index (κ3) is 4.54. The summed E-state index contributed by atoms with van der Waals surface area (Å²) in [6.07, 6.45) is 23.9. The van der Waals surface area contributed by atoms with Gasteiger partial charge in [-0.25, -0.2) is 0 Å². The van der Waals surface area contributed by atoms with Crippen LogP contribution in [0.2, 0.25) is 0 Å². The van der Waals surface area contributed by atoms with Gasteiger partial charge in [-0.2, -0.15) is 0 Å². The van der Waals surface area contributed by atoms with Crippen LogP contribution in [0.4, 0.5) is 5.69 Å². The number of hydrogen-bond donors (Lipinski definition) is 0. The van der Waals surface area contributed by atoms with Crippen molar-refractivity contribution in [3.63, 3.8) is 0 Å². The highest BCUT2D eigenvalue weighted by Crippen LogP contribution is 2.64. The molecule has 4 aromatic rings. The van der Waals surface area contributed by atoms with Gasteiger partial charge in [0, 0.05) is 45.7 Å². The van der Waals surface area contributed by atoms with Gasteiger partial charge in [0.05, 0.1) is 18.2 Å². The van der Waals surface area contributed by atoms with E-state index in [-0.39, 0.29) is 23.5 Å². The van der Waals surface area contributed by atoms with Gasteiger partial charge in [0.15, 0.2) is 0 Å². The van der Waals surface area contributed by atoms with Gasteiger partial charge in [-0.1, -0.05) is 122 Å². The maximum Gasteiger partial charge on any atom is 0.132 e. The third-order valence-electron chi connectivity index (χ3n) is 13.9. The van der Waals surface area contributed by atoms with E-state index in [1.807, 2.05) is 0 Å². The molecule has 1 saturated heterocycles. The van der Waals surface area contributed by atoms with Crippen LogP contribution >= 0.6 is 0 Å². The lowest BCUT2D eigenvalue weighted by Gasteiger charge is -2.59. The molecule has 3 nitrogen and oxygen atoms in total. The molecular weight excluding hydrogens is 635 g/mol. The first-order chi connectivity index (χ1) is 25.8. The summed E-state index contributed by atoms with van der Waals surface area (Å²) in [6.45, 7) is 0. The average molecular weight is 682 g/mol. The second kappa shape index (κ2) is 12.2. The van der Waals surface area contributed by atoms with Crippen molar-refractivity contribution in [2.45, 2.75) is 81.5 Å². The van der Waals surface area contributed by atoms with Gasteiger partial charge in [0.25, 0.3) is 0 Å². The molecule has 0 amide bonds. The molecule has 7 aliphatic rings. The zero-order valence-electron chi connectivity index (χ0n) is 29.9. The standard InChI is InChI=1S/C49H47NO2/c1-3-14-32(15-4-1)33-26-28-41-46(30-33)51-44-24-11-8-21-39(44)49(41)40-22-9-12-25-45(40)52-47-31-34(27-29-42(47)49)36-19-13-20-38-37-18-7-10-23-43(37)50(48(36)38)35-16-5-2-6-17-35/h1-6,8,11,13-17,20-21,24,26-31,36,38,40,42,45,47-48H,7,9-10,12,18-19,22-23,25H2. The molecule has 8 atom stereocenters. The fourth-order valence-corrected chi connectivity index (χ4v) is 11.9. The average Bonchev–Trinajstić information content (AvgIpc) is 3.56. The molecular formula is C49H47NO2. The Morgan fingerprint density at radius 1 is 0.692 bits per heavy atom. The highest BCUT2D eigenvalue weighted by molar-refractivity contribution is 5.70. The SMILES string of the molecule is C1=CC2C3=C(CCCC3)N(c3ccccc3)C2C(C2=CC3OC4CCCCC4C4(c5ccccc5Oc5cc(-c6ccccc6)ccc54)C3C=C2)C1. The van der Waals surface area contributed by atoms with Crippen LogP contribution in [0.25, 0.3) is 11.1 Å². The molecule has 3 heterocycles. The number of ether oxygens (including phenoxy) is 2. The molecule has 4 aliphatic carbocycles. The first-order valence-electron chi connectivity index (χ1n) is 20.0. The van der Waals surface area contributed by atoms with Gasteiger partial charge in [0.2, 0.25) is 0 Å². The number of nitrogens with zero attached hydrogens (tertiary/aromatic N) is 1. The molecule has 2 fully saturated rings. The third-order valence-corrected chi connectivity index (χ3v) is 13.9. The molecule has 3 heteroatoms. The maximum atomic E-state index is 7.37. The van der Waals surface area contributed by atoms with Gasteiger partial charge < -0.3 is 14.4 Å². The lowest BCUT2D eigenvalue weighted by molar-refractivity contribution is -0.134. The predicted octanol–water partition coefficient (Wildman–Crippen LogP) is 11.7. The zero-order valence-corrected chi connectivity index (χ0v) is 29.9. The van der Waals surface area contributed by atoms with Crippen molar-refractivity contribution >= 4 is 5.69 Å². The molecule has 1 spiro atoms. The van der Waals surface area contributed by atoms with Crippen LogP contribution in [0.3, 0.4) is 0 Å². The molecule has 3 aliphatic heterocycles. The van der Waals surface area contributed by atoms with Crippen molar-refractivity contribution in [1.29, 1.82) is 0 Å². The summed E-state index contributed by atoms with van der Waals surface area (Å²) in [7, 11) is 0. The summed E-state index contributed by atoms with van der Waals surface area (Å²) in [4.78, 5) is 2.77. The topological polar surface area (TPSA) is 21.7 Å². The van der Waals surface area contributed by atoms with Crippen molar-refractivity contribution in [3.05, 3.63) is 161 Å². The van der Waals surface area contributed by atoms with Crippen LogP contribution in [0.1, 0.15) is 68.9 Å². The Morgan fingerprint density at radius 3 is 2.38 bits per heavy atom. The molecule has 0 radical (unpaired) electrons. The number of para-hydroxylation sites is 2. The molecule has 1 saturated carbocycles. The predicted molar refractivity (Wildman–Crippen MR) is 209 cm³/mol. The van der Waals surface area contributed by atoms with Crippen molar-refractivity contribution in [3.8, 4) is 22.6 Å². The Morgan fingerprint density at radius 2 is 1.48 bits per heavy atom. The molecule has 0 N–H and O–H groups in total. The Balaban J connectivity index is 1.04. The van der Waals surface area contributed by atoms with Gasteiger partial charge in [0.1, 0.15) is 11.5 Å². The number of benzene rings is 4. The van der Waals surface area contributed by atoms with Crippen LogP contribution < -0.4 is 9.64 Å². The smallest absolute Gasteiger partial charge is 0.132 e. The van der Waals surface area contributed by atoms with Crippen molar-refractivity contribution in [2.24, 2.45) is 23.7 Å². The number of anilines is 1. The van der Waals surface area contributed by atoms with Gasteiger partial charge >= 0.3 is 0 Å². The Bertz CT molecular complexity index is 2140. The summed E-state index contributed by atoms with van der Waals surface area (Å²) in [5, 5.41) is 0. The molecule has 52 heavy (non-hydrogen) atoms. The van der Waals surface area contributed by atoms with Crippen molar-refractivity contribution in [1.82, 2.24) is 0 Å². The maximum absolute atomic E-state index is 7.37. The van der Waals surface area contributed by atoms with Crippen LogP contribution in [0, 0.1) is 23.7 Å². The van der Waals surface area contributed by atoms with E-state index in [0.717, 1.165) is 24.3 Å². The van der Waals surface area contributed by atoms with Crippen LogP contribution in [-0.2, 0) is 10.2 Å². The van der Waals surface area contributed by atoms with Crippen molar-refractivity contribution < 1.29 is 9.47 Å². The summed E-state index contributed by atoms with van der Waals surface area (Å²) < 4.78 is 14.3.